The fraction of sp³-hybridized carbons (Fsp3) is 0.385. The lowest BCUT2D eigenvalue weighted by Crippen LogP contribution is -2.29. The van der Waals surface area contributed by atoms with Gasteiger partial charge in [0.1, 0.15) is 5.76 Å². The Hall–Kier alpha value is -1.42. The number of nitrogens with two attached hydrogens (primary N) is 1. The average Bonchev–Trinajstić information content (AvgIpc) is 2.75. The van der Waals surface area contributed by atoms with Gasteiger partial charge in [-0.25, -0.2) is 8.78 Å². The molecule has 0 bridgehead atoms. The van der Waals surface area contributed by atoms with Crippen molar-refractivity contribution in [3.05, 3.63) is 35.8 Å². The molecular weight excluding hydrogens is 224 g/mol. The molecule has 2 nitrogen and oxygen atoms in total. The molecule has 0 saturated heterocycles. The minimum absolute atomic E-state index is 0.0917. The minimum Gasteiger partial charge on any atom is -0.455 e. The molecule has 0 fully saturated rings. The lowest BCUT2D eigenvalue weighted by atomic mass is 9.97. The van der Waals surface area contributed by atoms with E-state index in [4.69, 9.17) is 10.2 Å². The Labute approximate surface area is 98.4 Å². The van der Waals surface area contributed by atoms with Crippen molar-refractivity contribution in [3.63, 3.8) is 0 Å². The van der Waals surface area contributed by atoms with Crippen LogP contribution in [-0.4, -0.2) is 6.54 Å². The molecule has 0 aliphatic heterocycles. The van der Waals surface area contributed by atoms with E-state index >= 15 is 0 Å². The predicted octanol–water partition coefficient (Wildman–Crippen LogP) is 3.50. The van der Waals surface area contributed by atoms with Gasteiger partial charge in [-0.15, -0.1) is 0 Å². The molecule has 0 saturated carbocycles. The summed E-state index contributed by atoms with van der Waals surface area (Å²) < 4.78 is 33.2. The summed E-state index contributed by atoms with van der Waals surface area (Å²) in [5, 5.41) is 0.562. The number of rotatable bonds is 4. The number of furan rings is 1. The predicted molar refractivity (Wildman–Crippen MR) is 62.9 cm³/mol. The Balaban J connectivity index is 2.52. The first kappa shape index (κ1) is 12.0. The summed E-state index contributed by atoms with van der Waals surface area (Å²) in [6.07, 6.45) is 0.915. The molecule has 0 amide bonds. The lowest BCUT2D eigenvalue weighted by Gasteiger charge is -2.19. The first-order valence-electron chi connectivity index (χ1n) is 5.68. The van der Waals surface area contributed by atoms with Gasteiger partial charge in [-0.3, -0.25) is 0 Å². The van der Waals surface area contributed by atoms with E-state index in [0.29, 0.717) is 11.8 Å². The van der Waals surface area contributed by atoms with Gasteiger partial charge < -0.3 is 10.2 Å². The fourth-order valence-corrected chi connectivity index (χ4v) is 1.97. The van der Waals surface area contributed by atoms with Crippen molar-refractivity contribution in [1.29, 1.82) is 0 Å². The molecule has 4 heteroatoms. The van der Waals surface area contributed by atoms with E-state index in [0.717, 1.165) is 0 Å². The smallest absolute Gasteiger partial charge is 0.180 e. The summed E-state index contributed by atoms with van der Waals surface area (Å²) in [6, 6.07) is 6.08. The number of para-hydroxylation sites is 1. The standard InChI is InChI=1S/C13H15F2NO/c1-2-6-13(15,8-16)11-7-9-4-3-5-10(14)12(9)17-11/h3-5,7H,2,6,8,16H2,1H3. The molecule has 2 N–H and O–H groups in total. The minimum atomic E-state index is -1.71. The number of hydrogen-bond acceptors (Lipinski definition) is 2. The Morgan fingerprint density at radius 3 is 2.76 bits per heavy atom. The maximum absolute atomic E-state index is 14.5. The lowest BCUT2D eigenvalue weighted by molar-refractivity contribution is 0.128. The van der Waals surface area contributed by atoms with Crippen LogP contribution in [0.4, 0.5) is 8.78 Å². The third-order valence-electron chi connectivity index (χ3n) is 2.91. The number of benzene rings is 1. The van der Waals surface area contributed by atoms with Crippen LogP contribution in [0.5, 0.6) is 0 Å². The summed E-state index contributed by atoms with van der Waals surface area (Å²) in [4.78, 5) is 0. The van der Waals surface area contributed by atoms with Crippen molar-refractivity contribution < 1.29 is 13.2 Å². The van der Waals surface area contributed by atoms with Crippen molar-refractivity contribution in [1.82, 2.24) is 0 Å². The van der Waals surface area contributed by atoms with Gasteiger partial charge in [0.05, 0.1) is 0 Å². The third kappa shape index (κ3) is 2.05. The van der Waals surface area contributed by atoms with Crippen LogP contribution in [0.25, 0.3) is 11.0 Å². The van der Waals surface area contributed by atoms with Gasteiger partial charge in [0.2, 0.25) is 0 Å². The van der Waals surface area contributed by atoms with Crippen LogP contribution in [0.2, 0.25) is 0 Å². The first-order valence-corrected chi connectivity index (χ1v) is 5.68. The van der Waals surface area contributed by atoms with E-state index in [1.165, 1.54) is 12.1 Å². The molecule has 92 valence electrons. The number of hydrogen-bond donors (Lipinski definition) is 1. The molecule has 2 aromatic rings. The Morgan fingerprint density at radius 1 is 1.41 bits per heavy atom. The number of halogens is 2. The highest BCUT2D eigenvalue weighted by atomic mass is 19.1. The van der Waals surface area contributed by atoms with Crippen LogP contribution in [0.3, 0.4) is 0 Å². The van der Waals surface area contributed by atoms with Crippen LogP contribution in [0, 0.1) is 5.82 Å². The van der Waals surface area contributed by atoms with Crippen molar-refractivity contribution in [2.45, 2.75) is 25.4 Å². The van der Waals surface area contributed by atoms with Crippen molar-refractivity contribution in [2.24, 2.45) is 5.73 Å². The van der Waals surface area contributed by atoms with Gasteiger partial charge in [-0.1, -0.05) is 25.5 Å². The maximum Gasteiger partial charge on any atom is 0.180 e. The molecule has 1 heterocycles. The molecule has 0 radical (unpaired) electrons. The molecule has 0 spiro atoms. The second-order valence-corrected chi connectivity index (χ2v) is 4.19. The monoisotopic (exact) mass is 239 g/mol. The molecule has 1 aromatic carbocycles. The number of fused-ring (bicyclic) bond motifs is 1. The van der Waals surface area contributed by atoms with Crippen LogP contribution in [-0.2, 0) is 5.67 Å². The molecular formula is C13H15F2NO. The van der Waals surface area contributed by atoms with Crippen molar-refractivity contribution >= 4 is 11.0 Å². The molecule has 0 aliphatic rings. The van der Waals surface area contributed by atoms with Crippen LogP contribution < -0.4 is 5.73 Å². The van der Waals surface area contributed by atoms with Crippen molar-refractivity contribution in [2.75, 3.05) is 6.54 Å². The van der Waals surface area contributed by atoms with E-state index in [-0.39, 0.29) is 24.3 Å². The van der Waals surface area contributed by atoms with E-state index in [2.05, 4.69) is 0 Å². The highest BCUT2D eigenvalue weighted by molar-refractivity contribution is 5.78. The maximum atomic E-state index is 14.5. The molecule has 2 rings (SSSR count). The Kier molecular flexibility index (Phi) is 3.15. The highest BCUT2D eigenvalue weighted by Crippen LogP contribution is 2.34. The first-order chi connectivity index (χ1) is 8.10. The van der Waals surface area contributed by atoms with E-state index < -0.39 is 11.5 Å². The Morgan fingerprint density at radius 2 is 2.18 bits per heavy atom. The average molecular weight is 239 g/mol. The molecule has 1 aromatic heterocycles. The topological polar surface area (TPSA) is 39.2 Å². The van der Waals surface area contributed by atoms with Crippen LogP contribution in [0.1, 0.15) is 25.5 Å². The molecule has 0 aliphatic carbocycles. The molecule has 1 atom stereocenters. The Bertz CT molecular complexity index is 523. The SMILES string of the molecule is CCCC(F)(CN)c1cc2cccc(F)c2o1. The van der Waals surface area contributed by atoms with Crippen LogP contribution >= 0.6 is 0 Å². The molecule has 17 heavy (non-hydrogen) atoms. The molecule has 1 unspecified atom stereocenters. The third-order valence-corrected chi connectivity index (χ3v) is 2.91. The summed E-state index contributed by atoms with van der Waals surface area (Å²) >= 11 is 0. The van der Waals surface area contributed by atoms with Gasteiger partial charge in [-0.05, 0) is 18.6 Å². The summed E-state index contributed by atoms with van der Waals surface area (Å²) in [7, 11) is 0. The second kappa shape index (κ2) is 4.45. The summed E-state index contributed by atoms with van der Waals surface area (Å²) in [5.41, 5.74) is 3.84. The van der Waals surface area contributed by atoms with E-state index in [1.807, 2.05) is 6.92 Å². The van der Waals surface area contributed by atoms with E-state index in [9.17, 15) is 8.78 Å². The fourth-order valence-electron chi connectivity index (χ4n) is 1.97. The van der Waals surface area contributed by atoms with Gasteiger partial charge in [0.15, 0.2) is 17.1 Å². The highest BCUT2D eigenvalue weighted by Gasteiger charge is 2.33. The number of alkyl halides is 1. The van der Waals surface area contributed by atoms with Gasteiger partial charge in [0, 0.05) is 11.9 Å². The second-order valence-electron chi connectivity index (χ2n) is 4.19. The zero-order valence-corrected chi connectivity index (χ0v) is 9.67. The van der Waals surface area contributed by atoms with E-state index in [1.54, 1.807) is 12.1 Å². The van der Waals surface area contributed by atoms with Gasteiger partial charge >= 0.3 is 0 Å². The van der Waals surface area contributed by atoms with Gasteiger partial charge in [-0.2, -0.15) is 0 Å². The zero-order valence-electron chi connectivity index (χ0n) is 9.67. The largest absolute Gasteiger partial charge is 0.455 e. The van der Waals surface area contributed by atoms with Crippen LogP contribution in [0.15, 0.2) is 28.7 Å². The zero-order chi connectivity index (χ0) is 12.5. The quantitative estimate of drug-likeness (QED) is 0.886. The van der Waals surface area contributed by atoms with Gasteiger partial charge in [0.25, 0.3) is 0 Å². The normalized spacial score (nSPS) is 15.1. The summed E-state index contributed by atoms with van der Waals surface area (Å²) in [6.45, 7) is 1.70. The summed E-state index contributed by atoms with van der Waals surface area (Å²) in [5.74, 6) is -0.369. The van der Waals surface area contributed by atoms with Crippen molar-refractivity contribution in [3.8, 4) is 0 Å².